The number of rotatable bonds is 8. The summed E-state index contributed by atoms with van der Waals surface area (Å²) in [7, 11) is -1.51. The molecule has 220 valence electrons. The van der Waals surface area contributed by atoms with E-state index in [1.165, 1.54) is 35.3 Å². The first-order valence-corrected chi connectivity index (χ1v) is 18.1. The first-order valence-electron chi connectivity index (χ1n) is 15.3. The average Bonchev–Trinajstić information content (AvgIpc) is 2.78. The fourth-order valence-electron chi connectivity index (χ4n) is 5.87. The Hall–Kier alpha value is -1.74. The van der Waals surface area contributed by atoms with Gasteiger partial charge in [0.05, 0.1) is 8.07 Å². The van der Waals surface area contributed by atoms with Crippen LogP contribution in [0.25, 0.3) is 0 Å². The van der Waals surface area contributed by atoms with Crippen LogP contribution >= 0.6 is 0 Å². The summed E-state index contributed by atoms with van der Waals surface area (Å²) in [4.78, 5) is 0. The van der Waals surface area contributed by atoms with Crippen molar-refractivity contribution in [1.29, 1.82) is 0 Å². The van der Waals surface area contributed by atoms with Gasteiger partial charge in [0, 0.05) is 0 Å². The highest BCUT2D eigenvalue weighted by Crippen LogP contribution is 2.42. The second kappa shape index (κ2) is 11.6. The van der Waals surface area contributed by atoms with Crippen LogP contribution in [-0.4, -0.2) is 18.3 Å². The molecule has 0 fully saturated rings. The molecule has 3 heteroatoms. The van der Waals surface area contributed by atoms with Crippen LogP contribution in [0, 0.1) is 0 Å². The van der Waals surface area contributed by atoms with Crippen molar-refractivity contribution in [1.82, 2.24) is 0 Å². The van der Waals surface area contributed by atoms with Gasteiger partial charge in [0.2, 0.25) is 0 Å². The molecule has 2 rings (SSSR count). The third kappa shape index (κ3) is 8.15. The number of benzene rings is 2. The summed E-state index contributed by atoms with van der Waals surface area (Å²) in [6.45, 7) is 31.2. The van der Waals surface area contributed by atoms with E-state index in [2.05, 4.69) is 121 Å². The number of hydrogen-bond donors (Lipinski definition) is 2. The van der Waals surface area contributed by atoms with Crippen molar-refractivity contribution < 1.29 is 10.2 Å². The van der Waals surface area contributed by atoms with E-state index in [0.717, 1.165) is 35.1 Å². The highest BCUT2D eigenvalue weighted by molar-refractivity contribution is 6.79. The molecule has 0 aliphatic rings. The molecule has 0 unspecified atom stereocenters. The Kier molecular flexibility index (Phi) is 9.98. The standard InChI is InChI=1S/C36H60O2Si/c1-15-39(16-2,19-17-25-21-27(33(3,4)5)31(37)28(22-25)34(6,7)8)20-18-26-23-29(35(9,10)11)32(38)30(24-26)36(12,13)14/h21-24,37-38H,15-20H2,1-14H3. The summed E-state index contributed by atoms with van der Waals surface area (Å²) < 4.78 is 0. The van der Waals surface area contributed by atoms with Gasteiger partial charge in [-0.1, -0.05) is 145 Å². The molecule has 2 N–H and O–H groups in total. The van der Waals surface area contributed by atoms with Gasteiger partial charge < -0.3 is 10.2 Å². The fourth-order valence-corrected chi connectivity index (χ4v) is 9.67. The predicted molar refractivity (Wildman–Crippen MR) is 175 cm³/mol. The van der Waals surface area contributed by atoms with Crippen molar-refractivity contribution in [3.05, 3.63) is 57.6 Å². The molecule has 0 heterocycles. The van der Waals surface area contributed by atoms with Crippen molar-refractivity contribution in [3.63, 3.8) is 0 Å². The highest BCUT2D eigenvalue weighted by atomic mass is 28.3. The first-order chi connectivity index (χ1) is 17.6. The molecule has 2 aromatic rings. The number of aryl methyl sites for hydroxylation is 2. The number of phenolic OH excluding ortho intramolecular Hbond substituents is 2. The average molecular weight is 553 g/mol. The zero-order chi connectivity index (χ0) is 30.2. The summed E-state index contributed by atoms with van der Waals surface area (Å²) in [5.41, 5.74) is 6.62. The van der Waals surface area contributed by atoms with E-state index in [-0.39, 0.29) is 21.7 Å². The second-order valence-corrected chi connectivity index (χ2v) is 21.7. The number of phenols is 2. The molecule has 0 aliphatic heterocycles. The molecular weight excluding hydrogens is 492 g/mol. The predicted octanol–water partition coefficient (Wildman–Crippen LogP) is 10.6. The van der Waals surface area contributed by atoms with Crippen LogP contribution in [0.4, 0.5) is 0 Å². The zero-order valence-electron chi connectivity index (χ0n) is 27.9. The Morgan fingerprint density at radius 3 is 0.897 bits per heavy atom. The molecule has 0 saturated carbocycles. The van der Waals surface area contributed by atoms with Crippen molar-refractivity contribution in [2.45, 2.75) is 156 Å². The Bertz CT molecular complexity index is 969. The maximum atomic E-state index is 11.2. The summed E-state index contributed by atoms with van der Waals surface area (Å²) in [5, 5.41) is 22.4. The quantitative estimate of drug-likeness (QED) is 0.320. The summed E-state index contributed by atoms with van der Waals surface area (Å²) in [5.74, 6) is 0.953. The molecule has 0 bridgehead atoms. The molecule has 0 amide bonds. The summed E-state index contributed by atoms with van der Waals surface area (Å²) in [6, 6.07) is 14.2. The maximum absolute atomic E-state index is 11.2. The molecule has 0 saturated heterocycles. The Morgan fingerprint density at radius 2 is 0.718 bits per heavy atom. The maximum Gasteiger partial charge on any atom is 0.123 e. The lowest BCUT2D eigenvalue weighted by Crippen LogP contribution is -2.33. The molecule has 0 aliphatic carbocycles. The van der Waals surface area contributed by atoms with Crippen molar-refractivity contribution >= 4 is 8.07 Å². The lowest BCUT2D eigenvalue weighted by molar-refractivity contribution is 0.422. The van der Waals surface area contributed by atoms with Gasteiger partial charge in [0.25, 0.3) is 0 Å². The van der Waals surface area contributed by atoms with Crippen LogP contribution in [-0.2, 0) is 34.5 Å². The zero-order valence-corrected chi connectivity index (χ0v) is 28.9. The Morgan fingerprint density at radius 1 is 0.487 bits per heavy atom. The van der Waals surface area contributed by atoms with Crippen LogP contribution in [0.1, 0.15) is 130 Å². The van der Waals surface area contributed by atoms with E-state index in [1.807, 2.05) is 0 Å². The molecule has 0 atom stereocenters. The first kappa shape index (κ1) is 33.5. The minimum atomic E-state index is -1.51. The molecule has 0 radical (unpaired) electrons. The van der Waals surface area contributed by atoms with Gasteiger partial charge in [-0.3, -0.25) is 0 Å². The van der Waals surface area contributed by atoms with E-state index in [4.69, 9.17) is 0 Å². The fraction of sp³-hybridized carbons (Fsp3) is 0.667. The molecule has 2 aromatic carbocycles. The molecular formula is C36H60O2Si. The smallest absolute Gasteiger partial charge is 0.123 e. The van der Waals surface area contributed by atoms with Crippen LogP contribution in [0.5, 0.6) is 11.5 Å². The van der Waals surface area contributed by atoms with Crippen LogP contribution in [0.15, 0.2) is 24.3 Å². The molecule has 0 aromatic heterocycles. The van der Waals surface area contributed by atoms with Gasteiger partial charge in [-0.2, -0.15) is 0 Å². The molecule has 0 spiro atoms. The van der Waals surface area contributed by atoms with Crippen molar-refractivity contribution in [2.24, 2.45) is 0 Å². The van der Waals surface area contributed by atoms with Crippen molar-refractivity contribution in [2.75, 3.05) is 0 Å². The van der Waals surface area contributed by atoms with E-state index in [9.17, 15) is 10.2 Å². The van der Waals surface area contributed by atoms with Crippen LogP contribution in [0.3, 0.4) is 0 Å². The highest BCUT2D eigenvalue weighted by Gasteiger charge is 2.32. The van der Waals surface area contributed by atoms with E-state index in [0.29, 0.717) is 11.5 Å². The molecule has 2 nitrogen and oxygen atoms in total. The van der Waals surface area contributed by atoms with Gasteiger partial charge in [0.1, 0.15) is 11.5 Å². The Labute approximate surface area is 242 Å². The Balaban J connectivity index is 2.42. The molecule has 39 heavy (non-hydrogen) atoms. The lowest BCUT2D eigenvalue weighted by Gasteiger charge is -2.32. The number of aromatic hydroxyl groups is 2. The van der Waals surface area contributed by atoms with Crippen LogP contribution in [0.2, 0.25) is 24.2 Å². The second-order valence-electron chi connectivity index (χ2n) is 16.3. The monoisotopic (exact) mass is 552 g/mol. The van der Waals surface area contributed by atoms with E-state index < -0.39 is 8.07 Å². The largest absolute Gasteiger partial charge is 0.507 e. The van der Waals surface area contributed by atoms with Gasteiger partial charge in [0.15, 0.2) is 0 Å². The minimum Gasteiger partial charge on any atom is -0.507 e. The topological polar surface area (TPSA) is 40.5 Å². The van der Waals surface area contributed by atoms with Crippen LogP contribution < -0.4 is 0 Å². The third-order valence-electron chi connectivity index (χ3n) is 8.96. The van der Waals surface area contributed by atoms with Gasteiger partial charge in [-0.25, -0.2) is 0 Å². The van der Waals surface area contributed by atoms with E-state index >= 15 is 0 Å². The summed E-state index contributed by atoms with van der Waals surface area (Å²) >= 11 is 0. The normalized spacial score (nSPS) is 13.7. The van der Waals surface area contributed by atoms with Gasteiger partial charge >= 0.3 is 0 Å². The number of hydrogen-bond acceptors (Lipinski definition) is 2. The van der Waals surface area contributed by atoms with Gasteiger partial charge in [-0.15, -0.1) is 0 Å². The SMILES string of the molecule is CC[Si](CC)(CCc1cc(C(C)(C)C)c(O)c(C(C)(C)C)c1)CCc1cc(C(C)(C)C)c(O)c(C(C)(C)C)c1. The lowest BCUT2D eigenvalue weighted by atomic mass is 9.78. The van der Waals surface area contributed by atoms with E-state index in [1.54, 1.807) is 0 Å². The van der Waals surface area contributed by atoms with Crippen molar-refractivity contribution in [3.8, 4) is 11.5 Å². The van der Waals surface area contributed by atoms with Gasteiger partial charge in [-0.05, 0) is 67.9 Å². The third-order valence-corrected chi connectivity index (χ3v) is 14.6. The summed E-state index contributed by atoms with van der Waals surface area (Å²) in [6.07, 6.45) is 2.16. The minimum absolute atomic E-state index is 0.0987.